The summed E-state index contributed by atoms with van der Waals surface area (Å²) >= 11 is 6.10. The lowest BCUT2D eigenvalue weighted by Gasteiger charge is -2.20. The average molecular weight is 357 g/mol. The molecule has 7 heteroatoms. The summed E-state index contributed by atoms with van der Waals surface area (Å²) in [5.74, 6) is -0.298. The summed E-state index contributed by atoms with van der Waals surface area (Å²) < 4.78 is 49.1. The zero-order valence-corrected chi connectivity index (χ0v) is 13.7. The van der Waals surface area contributed by atoms with Crippen LogP contribution in [0.5, 0.6) is 11.5 Å². The van der Waals surface area contributed by atoms with Crippen LogP contribution in [0, 0.1) is 5.82 Å². The molecule has 1 heterocycles. The van der Waals surface area contributed by atoms with Crippen LogP contribution in [0.4, 0.5) is 4.39 Å². The van der Waals surface area contributed by atoms with Gasteiger partial charge in [-0.3, -0.25) is 0 Å². The van der Waals surface area contributed by atoms with Crippen molar-refractivity contribution < 1.29 is 22.3 Å². The number of fused-ring (bicyclic) bond motifs is 1. The zero-order valence-electron chi connectivity index (χ0n) is 12.1. The van der Waals surface area contributed by atoms with Crippen molar-refractivity contribution in [1.29, 1.82) is 0 Å². The van der Waals surface area contributed by atoms with E-state index in [4.69, 9.17) is 21.1 Å². The van der Waals surface area contributed by atoms with Crippen LogP contribution in [0.2, 0.25) is 5.02 Å². The Bertz CT molecular complexity index is 836. The van der Waals surface area contributed by atoms with Gasteiger partial charge in [0.1, 0.15) is 19.0 Å². The molecule has 1 aliphatic rings. The standard InChI is InChI=1S/C16H14ClFO4S/c17-13-7-11(8-15-16(13)22-6-5-21-15)9-23(19,20)10-12-3-1-2-4-14(12)18/h1-4,7-8H,5-6,9-10H2. The molecule has 1 aliphatic heterocycles. The van der Waals surface area contributed by atoms with Crippen LogP contribution >= 0.6 is 11.6 Å². The van der Waals surface area contributed by atoms with Gasteiger partial charge >= 0.3 is 0 Å². The monoisotopic (exact) mass is 356 g/mol. The highest BCUT2D eigenvalue weighted by molar-refractivity contribution is 7.89. The molecule has 3 rings (SSSR count). The number of ether oxygens (including phenoxy) is 2. The van der Waals surface area contributed by atoms with Crippen LogP contribution in [0.3, 0.4) is 0 Å². The minimum absolute atomic E-state index is 0.149. The van der Waals surface area contributed by atoms with E-state index in [9.17, 15) is 12.8 Å². The molecule has 0 aliphatic carbocycles. The first-order valence-corrected chi connectivity index (χ1v) is 9.16. The molecule has 0 fully saturated rings. The van der Waals surface area contributed by atoms with Gasteiger partial charge in [-0.15, -0.1) is 0 Å². The second kappa shape index (κ2) is 6.37. The molecule has 0 aromatic heterocycles. The number of halogens is 2. The Morgan fingerprint density at radius 1 is 1.09 bits per heavy atom. The molecule has 0 amide bonds. The summed E-state index contributed by atoms with van der Waals surface area (Å²) in [6.07, 6.45) is 0. The molecule has 0 atom stereocenters. The maximum atomic E-state index is 13.6. The van der Waals surface area contributed by atoms with Crippen molar-refractivity contribution in [3.63, 3.8) is 0 Å². The van der Waals surface area contributed by atoms with Gasteiger partial charge in [0.15, 0.2) is 21.3 Å². The van der Waals surface area contributed by atoms with Gasteiger partial charge in [-0.25, -0.2) is 12.8 Å². The largest absolute Gasteiger partial charge is 0.486 e. The van der Waals surface area contributed by atoms with Crippen LogP contribution in [0.15, 0.2) is 36.4 Å². The minimum atomic E-state index is -3.55. The fraction of sp³-hybridized carbons (Fsp3) is 0.250. The van der Waals surface area contributed by atoms with Crippen molar-refractivity contribution in [2.75, 3.05) is 13.2 Å². The highest BCUT2D eigenvalue weighted by Gasteiger charge is 2.20. The quantitative estimate of drug-likeness (QED) is 0.842. The molecule has 0 radical (unpaired) electrons. The van der Waals surface area contributed by atoms with Gasteiger partial charge in [-0.1, -0.05) is 29.8 Å². The molecule has 0 spiro atoms. The van der Waals surface area contributed by atoms with E-state index in [-0.39, 0.29) is 17.1 Å². The topological polar surface area (TPSA) is 52.6 Å². The third-order valence-corrected chi connectivity index (χ3v) is 5.18. The molecular weight excluding hydrogens is 343 g/mol. The first kappa shape index (κ1) is 16.1. The first-order valence-electron chi connectivity index (χ1n) is 6.96. The fourth-order valence-electron chi connectivity index (χ4n) is 2.40. The summed E-state index contributed by atoms with van der Waals surface area (Å²) in [6, 6.07) is 8.96. The van der Waals surface area contributed by atoms with E-state index in [1.807, 2.05) is 0 Å². The third-order valence-electron chi connectivity index (χ3n) is 3.38. The molecule has 0 unspecified atom stereocenters. The predicted molar refractivity (Wildman–Crippen MR) is 85.2 cm³/mol. The van der Waals surface area contributed by atoms with Gasteiger partial charge in [0.25, 0.3) is 0 Å². The van der Waals surface area contributed by atoms with Crippen molar-refractivity contribution >= 4 is 21.4 Å². The number of benzene rings is 2. The molecule has 23 heavy (non-hydrogen) atoms. The van der Waals surface area contributed by atoms with Crippen LogP contribution in [-0.4, -0.2) is 21.6 Å². The Morgan fingerprint density at radius 3 is 2.61 bits per heavy atom. The molecule has 2 aromatic carbocycles. The summed E-state index contributed by atoms with van der Waals surface area (Å²) in [4.78, 5) is 0. The van der Waals surface area contributed by atoms with Gasteiger partial charge in [-0.2, -0.15) is 0 Å². The van der Waals surface area contributed by atoms with E-state index in [2.05, 4.69) is 0 Å². The van der Waals surface area contributed by atoms with Crippen LogP contribution in [-0.2, 0) is 21.3 Å². The van der Waals surface area contributed by atoms with Gasteiger partial charge < -0.3 is 9.47 Å². The van der Waals surface area contributed by atoms with E-state index in [1.165, 1.54) is 24.3 Å². The highest BCUT2D eigenvalue weighted by Crippen LogP contribution is 2.38. The molecule has 0 bridgehead atoms. The highest BCUT2D eigenvalue weighted by atomic mass is 35.5. The van der Waals surface area contributed by atoms with E-state index >= 15 is 0 Å². The van der Waals surface area contributed by atoms with Crippen molar-refractivity contribution in [3.05, 3.63) is 58.4 Å². The second-order valence-corrected chi connectivity index (χ2v) is 7.70. The Hall–Kier alpha value is -1.79. The number of hydrogen-bond donors (Lipinski definition) is 0. The molecule has 0 N–H and O–H groups in total. The van der Waals surface area contributed by atoms with E-state index in [0.29, 0.717) is 35.3 Å². The molecule has 4 nitrogen and oxygen atoms in total. The fourth-order valence-corrected chi connectivity index (χ4v) is 4.18. The van der Waals surface area contributed by atoms with Crippen molar-refractivity contribution in [3.8, 4) is 11.5 Å². The van der Waals surface area contributed by atoms with E-state index in [0.717, 1.165) is 0 Å². The van der Waals surface area contributed by atoms with Crippen molar-refractivity contribution in [2.24, 2.45) is 0 Å². The second-order valence-electron chi connectivity index (χ2n) is 5.23. The lowest BCUT2D eigenvalue weighted by Crippen LogP contribution is -2.16. The smallest absolute Gasteiger partial charge is 0.179 e. The normalized spacial score (nSPS) is 13.8. The SMILES string of the molecule is O=S(=O)(Cc1cc(Cl)c2c(c1)OCCO2)Cc1ccccc1F. The first-order chi connectivity index (χ1) is 10.9. The lowest BCUT2D eigenvalue weighted by molar-refractivity contribution is 0.171. The van der Waals surface area contributed by atoms with Gasteiger partial charge in [-0.05, 0) is 23.8 Å². The molecular formula is C16H14ClFO4S. The number of rotatable bonds is 4. The third kappa shape index (κ3) is 3.76. The molecule has 122 valence electrons. The number of sulfone groups is 1. The van der Waals surface area contributed by atoms with Crippen LogP contribution in [0.1, 0.15) is 11.1 Å². The van der Waals surface area contributed by atoms with Crippen LogP contribution < -0.4 is 9.47 Å². The van der Waals surface area contributed by atoms with Crippen molar-refractivity contribution in [2.45, 2.75) is 11.5 Å². The average Bonchev–Trinajstić information content (AvgIpc) is 2.49. The summed E-state index contributed by atoms with van der Waals surface area (Å²) in [7, 11) is -3.55. The van der Waals surface area contributed by atoms with Gasteiger partial charge in [0, 0.05) is 5.56 Å². The van der Waals surface area contributed by atoms with Crippen LogP contribution in [0.25, 0.3) is 0 Å². The van der Waals surface area contributed by atoms with E-state index < -0.39 is 15.7 Å². The van der Waals surface area contributed by atoms with Gasteiger partial charge in [0.05, 0.1) is 16.5 Å². The van der Waals surface area contributed by atoms with Gasteiger partial charge in [0.2, 0.25) is 0 Å². The van der Waals surface area contributed by atoms with E-state index in [1.54, 1.807) is 12.1 Å². The molecule has 2 aromatic rings. The van der Waals surface area contributed by atoms with Crippen molar-refractivity contribution in [1.82, 2.24) is 0 Å². The Balaban J connectivity index is 1.83. The predicted octanol–water partition coefficient (Wildman–Crippen LogP) is 3.37. The summed E-state index contributed by atoms with van der Waals surface area (Å²) in [5, 5.41) is 0.304. The Morgan fingerprint density at radius 2 is 1.83 bits per heavy atom. The summed E-state index contributed by atoms with van der Waals surface area (Å²) in [5.41, 5.74) is 0.631. The Labute approximate surface area is 138 Å². The zero-order chi connectivity index (χ0) is 16.4. The summed E-state index contributed by atoms with van der Waals surface area (Å²) in [6.45, 7) is 0.784. The molecule has 0 saturated heterocycles. The molecule has 0 saturated carbocycles. The minimum Gasteiger partial charge on any atom is -0.486 e. The lowest BCUT2D eigenvalue weighted by atomic mass is 10.2. The Kier molecular flexibility index (Phi) is 4.46. The maximum Gasteiger partial charge on any atom is 0.179 e. The number of hydrogen-bond acceptors (Lipinski definition) is 4. The maximum absolute atomic E-state index is 13.6.